The van der Waals surface area contributed by atoms with Gasteiger partial charge in [0.15, 0.2) is 0 Å². The van der Waals surface area contributed by atoms with E-state index >= 15 is 0 Å². The first-order chi connectivity index (χ1) is 4.95. The van der Waals surface area contributed by atoms with Gasteiger partial charge in [-0.1, -0.05) is 13.2 Å². The monoisotopic (exact) mass is 166 g/mol. The summed E-state index contributed by atoms with van der Waals surface area (Å²) >= 11 is 0. The lowest BCUT2D eigenvalue weighted by molar-refractivity contribution is -0.111. The van der Waals surface area contributed by atoms with Crippen LogP contribution in [0.15, 0.2) is 24.3 Å². The lowest BCUT2D eigenvalue weighted by Gasteiger charge is -1.95. The molecule has 0 N–H and O–H groups in total. The van der Waals surface area contributed by atoms with Crippen molar-refractivity contribution in [2.45, 2.75) is 13.8 Å². The maximum absolute atomic E-state index is 10.9. The van der Waals surface area contributed by atoms with Crippen molar-refractivity contribution in [3.8, 4) is 0 Å². The molecule has 0 unspecified atom stereocenters. The molecule has 0 bridgehead atoms. The van der Waals surface area contributed by atoms with E-state index in [0.717, 1.165) is 0 Å². The minimum atomic E-state index is -0.336. The topological polar surface area (TPSA) is 34.1 Å². The van der Waals surface area contributed by atoms with E-state index in [1.807, 2.05) is 0 Å². The van der Waals surface area contributed by atoms with Crippen LogP contribution >= 0.6 is 0 Å². The summed E-state index contributed by atoms with van der Waals surface area (Å²) in [5.41, 5.74) is 0.857. The highest BCUT2D eigenvalue weighted by molar-refractivity contribution is 7.00. The van der Waals surface area contributed by atoms with Crippen LogP contribution in [0.5, 0.6) is 0 Å². The molecule has 58 valence electrons. The highest BCUT2D eigenvalue weighted by Gasteiger charge is 2.12. The van der Waals surface area contributed by atoms with E-state index in [1.165, 1.54) is 0 Å². The van der Waals surface area contributed by atoms with Crippen LogP contribution in [0.2, 0.25) is 0 Å². The third-order valence-electron chi connectivity index (χ3n) is 1.00. The van der Waals surface area contributed by atoms with Crippen molar-refractivity contribution in [3.05, 3.63) is 24.3 Å². The van der Waals surface area contributed by atoms with E-state index < -0.39 is 0 Å². The Balaban J connectivity index is 4.07. The Morgan fingerprint density at radius 1 is 1.00 bits per heavy atom. The minimum absolute atomic E-state index is 0.182. The molecule has 0 spiro atoms. The Morgan fingerprint density at radius 3 is 1.45 bits per heavy atom. The van der Waals surface area contributed by atoms with Crippen molar-refractivity contribution >= 4 is 20.3 Å². The van der Waals surface area contributed by atoms with Crippen LogP contribution in [0.1, 0.15) is 13.8 Å². The molecule has 11 heavy (non-hydrogen) atoms. The van der Waals surface area contributed by atoms with Crippen molar-refractivity contribution in [1.82, 2.24) is 0 Å². The van der Waals surface area contributed by atoms with Crippen LogP contribution < -0.4 is 0 Å². The van der Waals surface area contributed by atoms with Gasteiger partial charge in [-0.05, 0) is 25.0 Å². The molecule has 0 aliphatic carbocycles. The van der Waals surface area contributed by atoms with Crippen molar-refractivity contribution in [1.29, 1.82) is 0 Å². The fraction of sp³-hybridized carbons (Fsp3) is 0.250. The molecule has 2 radical (unpaired) electrons. The van der Waals surface area contributed by atoms with Gasteiger partial charge in [-0.3, -0.25) is 0 Å². The third-order valence-corrected chi connectivity index (χ3v) is 2.31. The molecule has 3 heteroatoms. The van der Waals surface area contributed by atoms with Crippen LogP contribution in [-0.4, -0.2) is 20.3 Å². The third kappa shape index (κ3) is 3.67. The van der Waals surface area contributed by atoms with Gasteiger partial charge >= 0.3 is 0 Å². The zero-order chi connectivity index (χ0) is 9.02. The number of carbonyl (C=O) groups excluding carboxylic acids is 2. The maximum Gasteiger partial charge on any atom is 0.235 e. The summed E-state index contributed by atoms with van der Waals surface area (Å²) in [7, 11) is -0.336. The van der Waals surface area contributed by atoms with Gasteiger partial charge in [-0.2, -0.15) is 0 Å². The molecule has 0 rings (SSSR count). The fourth-order valence-electron chi connectivity index (χ4n) is 0.317. The number of allylic oxidation sites excluding steroid dienone is 2. The van der Waals surface area contributed by atoms with Gasteiger partial charge in [0.05, 0.1) is 0 Å². The summed E-state index contributed by atoms with van der Waals surface area (Å²) in [4.78, 5) is 21.8. The minimum Gasteiger partial charge on any atom is -0.300 e. The van der Waals surface area contributed by atoms with Gasteiger partial charge in [0.25, 0.3) is 0 Å². The van der Waals surface area contributed by atoms with Crippen LogP contribution in [0, 0.1) is 0 Å². The second-order valence-corrected chi connectivity index (χ2v) is 3.50. The second kappa shape index (κ2) is 4.03. The first-order valence-electron chi connectivity index (χ1n) is 3.12. The van der Waals surface area contributed by atoms with E-state index in [9.17, 15) is 9.59 Å². The molecule has 0 aromatic rings. The predicted octanol–water partition coefficient (Wildman–Crippen LogP) is 0.896. The zero-order valence-corrected chi connectivity index (χ0v) is 7.73. The van der Waals surface area contributed by atoms with E-state index in [4.69, 9.17) is 0 Å². The van der Waals surface area contributed by atoms with Crippen LogP contribution in [0.25, 0.3) is 0 Å². The average molecular weight is 166 g/mol. The molecule has 2 nitrogen and oxygen atoms in total. The van der Waals surface area contributed by atoms with E-state index in [0.29, 0.717) is 11.1 Å². The molecule has 0 saturated heterocycles. The molecule has 0 atom stereocenters. The SMILES string of the molecule is C=C(C)C(=O)[Si]C(=O)C(=C)C. The van der Waals surface area contributed by atoms with Gasteiger partial charge in [0.2, 0.25) is 9.52 Å². The van der Waals surface area contributed by atoms with Gasteiger partial charge in [-0.25, -0.2) is 0 Å². The Kier molecular flexibility index (Phi) is 3.68. The summed E-state index contributed by atoms with van der Waals surface area (Å²) < 4.78 is 0. The smallest absolute Gasteiger partial charge is 0.235 e. The molecule has 0 amide bonds. The molecule has 0 aromatic heterocycles. The number of rotatable bonds is 4. The van der Waals surface area contributed by atoms with Crippen molar-refractivity contribution in [2.75, 3.05) is 0 Å². The molecule has 0 aromatic carbocycles. The molecule has 0 heterocycles. The van der Waals surface area contributed by atoms with Gasteiger partial charge in [0.1, 0.15) is 10.8 Å². The van der Waals surface area contributed by atoms with Crippen LogP contribution in [0.3, 0.4) is 0 Å². The standard InChI is InChI=1S/C8H10O2Si/c1-5(2)7(9)11-8(10)6(3)4/h1,3H2,2,4H3. The first-order valence-corrected chi connectivity index (χ1v) is 4.12. The van der Waals surface area contributed by atoms with Gasteiger partial charge in [-0.15, -0.1) is 0 Å². The Bertz CT molecular complexity index is 204. The molecule has 0 aliphatic heterocycles. The summed E-state index contributed by atoms with van der Waals surface area (Å²) in [5, 5.41) is -0.365. The molecular formula is C8H10O2Si. The maximum atomic E-state index is 10.9. The van der Waals surface area contributed by atoms with Gasteiger partial charge < -0.3 is 9.59 Å². The number of hydrogen-bond acceptors (Lipinski definition) is 2. The summed E-state index contributed by atoms with van der Waals surface area (Å²) in [6.45, 7) is 10.1. The summed E-state index contributed by atoms with van der Waals surface area (Å²) in [6.07, 6.45) is 0. The van der Waals surface area contributed by atoms with Crippen LogP contribution in [0.4, 0.5) is 0 Å². The Labute approximate surface area is 68.8 Å². The second-order valence-electron chi connectivity index (χ2n) is 2.34. The lowest BCUT2D eigenvalue weighted by Crippen LogP contribution is -2.20. The van der Waals surface area contributed by atoms with E-state index in [-0.39, 0.29) is 20.3 Å². The largest absolute Gasteiger partial charge is 0.300 e. The quantitative estimate of drug-likeness (QED) is 0.459. The molecule has 0 saturated carbocycles. The fourth-order valence-corrected chi connectivity index (χ4v) is 0.950. The lowest BCUT2D eigenvalue weighted by atomic mass is 10.4. The highest BCUT2D eigenvalue weighted by Crippen LogP contribution is 1.93. The molecule has 0 fully saturated rings. The Morgan fingerprint density at radius 2 is 1.27 bits per heavy atom. The predicted molar refractivity (Wildman–Crippen MR) is 45.4 cm³/mol. The van der Waals surface area contributed by atoms with Crippen molar-refractivity contribution in [2.24, 2.45) is 0 Å². The van der Waals surface area contributed by atoms with Crippen LogP contribution in [-0.2, 0) is 9.59 Å². The summed E-state index contributed by atoms with van der Waals surface area (Å²) in [6, 6.07) is 0. The first kappa shape index (κ1) is 10.0. The molecular weight excluding hydrogens is 156 g/mol. The normalized spacial score (nSPS) is 8.91. The number of hydrogen-bond donors (Lipinski definition) is 0. The zero-order valence-electron chi connectivity index (χ0n) is 6.73. The van der Waals surface area contributed by atoms with Crippen molar-refractivity contribution in [3.63, 3.8) is 0 Å². The van der Waals surface area contributed by atoms with E-state index in [1.54, 1.807) is 13.8 Å². The number of carbonyl (C=O) groups is 2. The van der Waals surface area contributed by atoms with Gasteiger partial charge in [0, 0.05) is 0 Å². The average Bonchev–Trinajstić information content (AvgIpc) is 1.87. The highest BCUT2D eigenvalue weighted by atomic mass is 28.2. The summed E-state index contributed by atoms with van der Waals surface area (Å²) in [5.74, 6) is 0. The van der Waals surface area contributed by atoms with E-state index in [2.05, 4.69) is 13.2 Å². The Hall–Kier alpha value is -0.963. The molecule has 0 aliphatic rings. The van der Waals surface area contributed by atoms with Crippen molar-refractivity contribution < 1.29 is 9.59 Å².